The molecule has 0 aliphatic heterocycles. The van der Waals surface area contributed by atoms with Crippen LogP contribution in [0.1, 0.15) is 33.9 Å². The lowest BCUT2D eigenvalue weighted by molar-refractivity contribution is 0.177. The van der Waals surface area contributed by atoms with Crippen molar-refractivity contribution in [2.75, 3.05) is 0 Å². The van der Waals surface area contributed by atoms with Crippen molar-refractivity contribution in [2.24, 2.45) is 0 Å². The Hall–Kier alpha value is -0.580. The van der Waals surface area contributed by atoms with Crippen molar-refractivity contribution < 1.29 is 5.11 Å². The van der Waals surface area contributed by atoms with Gasteiger partial charge in [0.05, 0.1) is 6.10 Å². The second-order valence-electron chi connectivity index (χ2n) is 5.26. The highest BCUT2D eigenvalue weighted by Gasteiger charge is 2.15. The van der Waals surface area contributed by atoms with Crippen molar-refractivity contribution in [3.8, 4) is 0 Å². The van der Waals surface area contributed by atoms with E-state index in [2.05, 4.69) is 55.5 Å². The molecule has 1 nitrogen and oxygen atoms in total. The van der Waals surface area contributed by atoms with E-state index in [1.165, 1.54) is 22.3 Å². The molecular formula is C17H18ClIO. The molecule has 2 aromatic carbocycles. The van der Waals surface area contributed by atoms with Crippen molar-refractivity contribution in [2.45, 2.75) is 33.3 Å². The number of hydrogen-bond donors (Lipinski definition) is 1. The number of aryl methyl sites for hydroxylation is 3. The van der Waals surface area contributed by atoms with Crippen LogP contribution in [0.15, 0.2) is 30.3 Å². The Balaban J connectivity index is 2.32. The van der Waals surface area contributed by atoms with Gasteiger partial charge in [0, 0.05) is 15.0 Å². The smallest absolute Gasteiger partial charge is 0.0841 e. The maximum absolute atomic E-state index is 10.5. The minimum atomic E-state index is -0.527. The summed E-state index contributed by atoms with van der Waals surface area (Å²) in [5.41, 5.74) is 5.85. The van der Waals surface area contributed by atoms with Crippen LogP contribution < -0.4 is 0 Å². The highest BCUT2D eigenvalue weighted by molar-refractivity contribution is 14.1. The van der Waals surface area contributed by atoms with Gasteiger partial charge >= 0.3 is 0 Å². The first-order chi connectivity index (χ1) is 9.38. The van der Waals surface area contributed by atoms with Crippen molar-refractivity contribution in [1.29, 1.82) is 0 Å². The van der Waals surface area contributed by atoms with Crippen LogP contribution in [0.25, 0.3) is 0 Å². The Labute approximate surface area is 139 Å². The normalized spacial score (nSPS) is 12.5. The SMILES string of the molecule is Cc1cc(C)c(CC(O)c2cc(Cl)ccc2I)c(C)c1. The summed E-state index contributed by atoms with van der Waals surface area (Å²) in [6.07, 6.45) is 0.0922. The predicted octanol–water partition coefficient (Wildman–Crippen LogP) is 5.15. The van der Waals surface area contributed by atoms with E-state index in [1.807, 2.05) is 18.2 Å². The van der Waals surface area contributed by atoms with Crippen LogP contribution in [0.2, 0.25) is 5.02 Å². The Bertz CT molecular complexity index is 614. The van der Waals surface area contributed by atoms with Crippen LogP contribution in [0.4, 0.5) is 0 Å². The molecule has 3 heteroatoms. The minimum absolute atomic E-state index is 0.527. The molecule has 1 unspecified atom stereocenters. The van der Waals surface area contributed by atoms with Crippen molar-refractivity contribution >= 4 is 34.2 Å². The van der Waals surface area contributed by atoms with Crippen LogP contribution in [-0.2, 0) is 6.42 Å². The van der Waals surface area contributed by atoms with Gasteiger partial charge in [-0.15, -0.1) is 0 Å². The summed E-state index contributed by atoms with van der Waals surface area (Å²) in [6.45, 7) is 6.30. The standard InChI is InChI=1S/C17H18ClIO/c1-10-6-11(2)14(12(3)7-10)9-17(20)15-8-13(18)4-5-16(15)19/h4-8,17,20H,9H2,1-3H3. The van der Waals surface area contributed by atoms with Gasteiger partial charge in [0.25, 0.3) is 0 Å². The van der Waals surface area contributed by atoms with Crippen LogP contribution >= 0.6 is 34.2 Å². The average Bonchev–Trinajstić information content (AvgIpc) is 2.36. The van der Waals surface area contributed by atoms with E-state index < -0.39 is 6.10 Å². The molecule has 20 heavy (non-hydrogen) atoms. The third-order valence-electron chi connectivity index (χ3n) is 3.55. The second kappa shape index (κ2) is 6.46. The molecule has 0 saturated carbocycles. The van der Waals surface area contributed by atoms with E-state index in [0.29, 0.717) is 11.4 Å². The topological polar surface area (TPSA) is 20.2 Å². The van der Waals surface area contributed by atoms with E-state index in [-0.39, 0.29) is 0 Å². The molecule has 106 valence electrons. The summed E-state index contributed by atoms with van der Waals surface area (Å²) in [6, 6.07) is 9.97. The highest BCUT2D eigenvalue weighted by atomic mass is 127. The molecule has 2 aromatic rings. The zero-order valence-corrected chi connectivity index (χ0v) is 14.8. The zero-order chi connectivity index (χ0) is 14.9. The predicted molar refractivity (Wildman–Crippen MR) is 93.5 cm³/mol. The lowest BCUT2D eigenvalue weighted by Gasteiger charge is -2.17. The fourth-order valence-corrected chi connectivity index (χ4v) is 3.48. The van der Waals surface area contributed by atoms with Gasteiger partial charge in [0.15, 0.2) is 0 Å². The lowest BCUT2D eigenvalue weighted by Crippen LogP contribution is -2.07. The molecule has 0 aliphatic rings. The summed E-state index contributed by atoms with van der Waals surface area (Å²) >= 11 is 8.27. The number of rotatable bonds is 3. The molecule has 1 atom stereocenters. The number of aliphatic hydroxyl groups excluding tert-OH is 1. The summed E-state index contributed by atoms with van der Waals surface area (Å²) < 4.78 is 1.04. The van der Waals surface area contributed by atoms with E-state index in [9.17, 15) is 5.11 Å². The van der Waals surface area contributed by atoms with Crippen molar-refractivity contribution in [1.82, 2.24) is 0 Å². The van der Waals surface area contributed by atoms with Gasteiger partial charge in [-0.25, -0.2) is 0 Å². The van der Waals surface area contributed by atoms with Gasteiger partial charge in [0.2, 0.25) is 0 Å². The maximum atomic E-state index is 10.5. The Kier molecular flexibility index (Phi) is 5.10. The summed E-state index contributed by atoms with van der Waals surface area (Å²) in [5.74, 6) is 0. The average molecular weight is 401 g/mol. The number of aliphatic hydroxyl groups is 1. The largest absolute Gasteiger partial charge is 0.388 e. The van der Waals surface area contributed by atoms with Gasteiger partial charge < -0.3 is 5.11 Å². The molecule has 0 aliphatic carbocycles. The first-order valence-corrected chi connectivity index (χ1v) is 8.04. The van der Waals surface area contributed by atoms with Gasteiger partial charge in [-0.05, 0) is 83.8 Å². The van der Waals surface area contributed by atoms with Crippen LogP contribution in [0.3, 0.4) is 0 Å². The zero-order valence-electron chi connectivity index (χ0n) is 11.9. The second-order valence-corrected chi connectivity index (χ2v) is 6.86. The van der Waals surface area contributed by atoms with Crippen molar-refractivity contribution in [3.05, 3.63) is 66.7 Å². The molecule has 0 radical (unpaired) electrons. The van der Waals surface area contributed by atoms with Gasteiger partial charge in [0.1, 0.15) is 0 Å². The third kappa shape index (κ3) is 3.54. The first-order valence-electron chi connectivity index (χ1n) is 6.58. The molecule has 2 rings (SSSR count). The molecule has 0 amide bonds. The summed E-state index contributed by atoms with van der Waals surface area (Å²) in [4.78, 5) is 0. The van der Waals surface area contributed by atoms with Gasteiger partial charge in [-0.3, -0.25) is 0 Å². The van der Waals surface area contributed by atoms with Crippen LogP contribution in [0, 0.1) is 24.3 Å². The molecule has 0 aromatic heterocycles. The fraction of sp³-hybridized carbons (Fsp3) is 0.294. The minimum Gasteiger partial charge on any atom is -0.388 e. The lowest BCUT2D eigenvalue weighted by atomic mass is 9.93. The summed E-state index contributed by atoms with van der Waals surface area (Å²) in [7, 11) is 0. The Morgan fingerprint density at radius 2 is 1.70 bits per heavy atom. The molecule has 1 N–H and O–H groups in total. The van der Waals surface area contributed by atoms with E-state index in [1.54, 1.807) is 0 Å². The molecule has 0 heterocycles. The molecule has 0 saturated heterocycles. The maximum Gasteiger partial charge on any atom is 0.0841 e. The Morgan fingerprint density at radius 3 is 2.30 bits per heavy atom. The highest BCUT2D eigenvalue weighted by Crippen LogP contribution is 2.28. The van der Waals surface area contributed by atoms with Gasteiger partial charge in [-0.2, -0.15) is 0 Å². The molecule has 0 fully saturated rings. The number of halogens is 2. The van der Waals surface area contributed by atoms with E-state index in [4.69, 9.17) is 11.6 Å². The fourth-order valence-electron chi connectivity index (χ4n) is 2.61. The van der Waals surface area contributed by atoms with E-state index >= 15 is 0 Å². The van der Waals surface area contributed by atoms with Crippen LogP contribution in [0.5, 0.6) is 0 Å². The van der Waals surface area contributed by atoms with Gasteiger partial charge in [-0.1, -0.05) is 29.3 Å². The molecular weight excluding hydrogens is 383 g/mol. The quantitative estimate of drug-likeness (QED) is 0.707. The molecule has 0 bridgehead atoms. The van der Waals surface area contributed by atoms with E-state index in [0.717, 1.165) is 9.13 Å². The van der Waals surface area contributed by atoms with Crippen molar-refractivity contribution in [3.63, 3.8) is 0 Å². The van der Waals surface area contributed by atoms with Crippen LogP contribution in [-0.4, -0.2) is 5.11 Å². The summed E-state index contributed by atoms with van der Waals surface area (Å²) in [5, 5.41) is 11.2. The Morgan fingerprint density at radius 1 is 1.10 bits per heavy atom. The third-order valence-corrected chi connectivity index (χ3v) is 4.77. The number of benzene rings is 2. The monoisotopic (exact) mass is 400 g/mol. The molecule has 0 spiro atoms. The number of hydrogen-bond acceptors (Lipinski definition) is 1. The first kappa shape index (κ1) is 15.8.